The van der Waals surface area contributed by atoms with Crippen LogP contribution in [0.1, 0.15) is 26.1 Å². The minimum absolute atomic E-state index is 0.199. The van der Waals surface area contributed by atoms with Crippen LogP contribution in [0.3, 0.4) is 0 Å². The van der Waals surface area contributed by atoms with Gasteiger partial charge in [-0.2, -0.15) is 4.37 Å². The van der Waals surface area contributed by atoms with E-state index in [9.17, 15) is 0 Å². The Hall–Kier alpha value is -0.170. The fraction of sp³-hybridized carbons (Fsp3) is 0.800. The number of aryl methyl sites for hydroxylation is 1. The van der Waals surface area contributed by atoms with E-state index in [4.69, 9.17) is 5.11 Å². The molecule has 0 aromatic carbocycles. The van der Waals surface area contributed by atoms with Crippen molar-refractivity contribution in [3.05, 3.63) is 5.82 Å². The first kappa shape index (κ1) is 13.9. The summed E-state index contributed by atoms with van der Waals surface area (Å²) in [5.74, 6) is 1.90. The molecule has 1 heterocycles. The summed E-state index contributed by atoms with van der Waals surface area (Å²) in [5, 5.41) is 12.3. The standard InChI is InChI=1S/C10H19N3OS2/c1-3-9-12-10(16-13-9)15-6-5-8(7-14)11-4-2/h8,11,14H,3-7H2,1-2H3. The van der Waals surface area contributed by atoms with Crippen molar-refractivity contribution in [2.75, 3.05) is 18.9 Å². The maximum atomic E-state index is 9.10. The Balaban J connectivity index is 2.23. The third-order valence-electron chi connectivity index (χ3n) is 2.17. The second-order valence-corrected chi connectivity index (χ2v) is 5.50. The lowest BCUT2D eigenvalue weighted by atomic mass is 10.2. The molecule has 1 aromatic rings. The number of hydrogen-bond acceptors (Lipinski definition) is 6. The smallest absolute Gasteiger partial charge is 0.170 e. The molecule has 0 aliphatic carbocycles. The minimum Gasteiger partial charge on any atom is -0.395 e. The summed E-state index contributed by atoms with van der Waals surface area (Å²) >= 11 is 3.19. The second-order valence-electron chi connectivity index (χ2n) is 3.40. The van der Waals surface area contributed by atoms with E-state index in [2.05, 4.69) is 21.6 Å². The fourth-order valence-electron chi connectivity index (χ4n) is 1.28. The van der Waals surface area contributed by atoms with Crippen molar-refractivity contribution in [3.63, 3.8) is 0 Å². The van der Waals surface area contributed by atoms with Crippen LogP contribution in [0.15, 0.2) is 4.34 Å². The van der Waals surface area contributed by atoms with Gasteiger partial charge in [-0.05, 0) is 24.5 Å². The van der Waals surface area contributed by atoms with Gasteiger partial charge in [0, 0.05) is 18.2 Å². The zero-order valence-corrected chi connectivity index (χ0v) is 11.4. The van der Waals surface area contributed by atoms with E-state index in [1.165, 1.54) is 11.5 Å². The van der Waals surface area contributed by atoms with Crippen molar-refractivity contribution in [2.45, 2.75) is 37.1 Å². The van der Waals surface area contributed by atoms with Gasteiger partial charge in [0.25, 0.3) is 0 Å². The third-order valence-corrected chi connectivity index (χ3v) is 4.08. The topological polar surface area (TPSA) is 58.0 Å². The normalized spacial score (nSPS) is 12.9. The van der Waals surface area contributed by atoms with Crippen molar-refractivity contribution >= 4 is 23.3 Å². The monoisotopic (exact) mass is 261 g/mol. The minimum atomic E-state index is 0.199. The van der Waals surface area contributed by atoms with Crippen LogP contribution in [-0.4, -0.2) is 39.4 Å². The van der Waals surface area contributed by atoms with Crippen LogP contribution in [0.4, 0.5) is 0 Å². The van der Waals surface area contributed by atoms with Gasteiger partial charge in [-0.25, -0.2) is 4.98 Å². The molecule has 1 atom stereocenters. The highest BCUT2D eigenvalue weighted by atomic mass is 32.2. The van der Waals surface area contributed by atoms with E-state index < -0.39 is 0 Å². The molecule has 0 saturated carbocycles. The average Bonchev–Trinajstić information content (AvgIpc) is 2.76. The SMILES string of the molecule is CCNC(CO)CCSc1nc(CC)ns1. The summed E-state index contributed by atoms with van der Waals surface area (Å²) in [6.45, 7) is 5.21. The molecule has 1 aromatic heterocycles. The Morgan fingerprint density at radius 2 is 2.31 bits per heavy atom. The van der Waals surface area contributed by atoms with Crippen molar-refractivity contribution in [2.24, 2.45) is 0 Å². The zero-order valence-electron chi connectivity index (χ0n) is 9.77. The number of nitrogens with one attached hydrogen (secondary N) is 1. The first-order valence-corrected chi connectivity index (χ1v) is 7.35. The molecule has 0 saturated heterocycles. The molecule has 1 unspecified atom stereocenters. The molecule has 0 radical (unpaired) electrons. The molecule has 0 amide bonds. The predicted octanol–water partition coefficient (Wildman–Crippen LogP) is 1.55. The number of nitrogens with zero attached hydrogens (tertiary/aromatic N) is 2. The Bertz CT molecular complexity index is 293. The summed E-state index contributed by atoms with van der Waals surface area (Å²) in [7, 11) is 0. The molecular formula is C10H19N3OS2. The Morgan fingerprint density at radius 3 is 2.88 bits per heavy atom. The van der Waals surface area contributed by atoms with Crippen LogP contribution in [0.25, 0.3) is 0 Å². The fourth-order valence-corrected chi connectivity index (χ4v) is 3.09. The first-order valence-electron chi connectivity index (χ1n) is 5.59. The number of aliphatic hydroxyl groups excluding tert-OH is 1. The third kappa shape index (κ3) is 4.78. The number of aliphatic hydroxyl groups is 1. The number of rotatable bonds is 8. The average molecular weight is 261 g/mol. The number of hydrogen-bond donors (Lipinski definition) is 2. The highest BCUT2D eigenvalue weighted by Crippen LogP contribution is 2.21. The summed E-state index contributed by atoms with van der Waals surface area (Å²) in [6, 6.07) is 0.205. The lowest BCUT2D eigenvalue weighted by Gasteiger charge is -2.13. The maximum absolute atomic E-state index is 9.10. The van der Waals surface area contributed by atoms with Gasteiger partial charge in [-0.3, -0.25) is 0 Å². The van der Waals surface area contributed by atoms with Crippen LogP contribution < -0.4 is 5.32 Å². The maximum Gasteiger partial charge on any atom is 0.170 e. The molecule has 92 valence electrons. The van der Waals surface area contributed by atoms with Crippen LogP contribution >= 0.6 is 23.3 Å². The van der Waals surface area contributed by atoms with Crippen molar-refractivity contribution in [3.8, 4) is 0 Å². The van der Waals surface area contributed by atoms with E-state index in [1.807, 2.05) is 6.92 Å². The van der Waals surface area contributed by atoms with Crippen LogP contribution in [-0.2, 0) is 6.42 Å². The van der Waals surface area contributed by atoms with Crippen molar-refractivity contribution < 1.29 is 5.11 Å². The van der Waals surface area contributed by atoms with E-state index in [0.29, 0.717) is 0 Å². The van der Waals surface area contributed by atoms with Gasteiger partial charge >= 0.3 is 0 Å². The summed E-state index contributed by atoms with van der Waals surface area (Å²) in [5.41, 5.74) is 0. The lowest BCUT2D eigenvalue weighted by molar-refractivity contribution is 0.242. The summed E-state index contributed by atoms with van der Waals surface area (Å²) in [4.78, 5) is 4.38. The van der Waals surface area contributed by atoms with Crippen LogP contribution in [0.5, 0.6) is 0 Å². The molecule has 4 nitrogen and oxygen atoms in total. The quantitative estimate of drug-likeness (QED) is 0.695. The zero-order chi connectivity index (χ0) is 11.8. The molecule has 0 fully saturated rings. The van der Waals surface area contributed by atoms with Gasteiger partial charge in [0.05, 0.1) is 6.61 Å². The Kier molecular flexibility index (Phi) is 6.95. The van der Waals surface area contributed by atoms with Gasteiger partial charge in [0.15, 0.2) is 4.34 Å². The van der Waals surface area contributed by atoms with E-state index in [-0.39, 0.29) is 12.6 Å². The van der Waals surface area contributed by atoms with Crippen molar-refractivity contribution in [1.82, 2.24) is 14.7 Å². The summed E-state index contributed by atoms with van der Waals surface area (Å²) in [6.07, 6.45) is 1.85. The van der Waals surface area contributed by atoms with E-state index >= 15 is 0 Å². The molecule has 0 bridgehead atoms. The largest absolute Gasteiger partial charge is 0.395 e. The van der Waals surface area contributed by atoms with E-state index in [0.717, 1.165) is 35.3 Å². The number of aromatic nitrogens is 2. The van der Waals surface area contributed by atoms with Gasteiger partial charge in [0.2, 0.25) is 0 Å². The van der Waals surface area contributed by atoms with Gasteiger partial charge in [-0.1, -0.05) is 25.6 Å². The molecule has 1 rings (SSSR count). The molecule has 0 aliphatic rings. The molecule has 0 aliphatic heterocycles. The summed E-state index contributed by atoms with van der Waals surface area (Å²) < 4.78 is 5.27. The highest BCUT2D eigenvalue weighted by molar-refractivity contribution is 8.00. The number of likely N-dealkylation sites (N-methyl/N-ethyl adjacent to an activating group) is 1. The molecule has 0 spiro atoms. The Morgan fingerprint density at radius 1 is 1.50 bits per heavy atom. The van der Waals surface area contributed by atoms with Crippen LogP contribution in [0, 0.1) is 0 Å². The van der Waals surface area contributed by atoms with Gasteiger partial charge < -0.3 is 10.4 Å². The van der Waals surface area contributed by atoms with Gasteiger partial charge in [0.1, 0.15) is 5.82 Å². The lowest BCUT2D eigenvalue weighted by Crippen LogP contribution is -2.32. The second kappa shape index (κ2) is 8.00. The molecule has 2 N–H and O–H groups in total. The van der Waals surface area contributed by atoms with Crippen molar-refractivity contribution in [1.29, 1.82) is 0 Å². The Labute approximate surface area is 105 Å². The molecular weight excluding hydrogens is 242 g/mol. The molecule has 6 heteroatoms. The highest BCUT2D eigenvalue weighted by Gasteiger charge is 2.07. The predicted molar refractivity (Wildman–Crippen MR) is 69.2 cm³/mol. The number of thioether (sulfide) groups is 1. The molecule has 16 heavy (non-hydrogen) atoms. The van der Waals surface area contributed by atoms with Crippen LogP contribution in [0.2, 0.25) is 0 Å². The van der Waals surface area contributed by atoms with E-state index in [1.54, 1.807) is 11.8 Å². The van der Waals surface area contributed by atoms with Gasteiger partial charge in [-0.15, -0.1) is 0 Å². The first-order chi connectivity index (χ1) is 7.80.